The van der Waals surface area contributed by atoms with Crippen LogP contribution in [0.4, 0.5) is 10.8 Å². The van der Waals surface area contributed by atoms with Crippen molar-refractivity contribution in [3.63, 3.8) is 0 Å². The molecule has 1 aliphatic rings. The number of aromatic nitrogens is 1. The summed E-state index contributed by atoms with van der Waals surface area (Å²) in [6.07, 6.45) is 1.62. The smallest absolute Gasteiger partial charge is 0.264 e. The van der Waals surface area contributed by atoms with Crippen LogP contribution in [0.3, 0.4) is 0 Å². The Morgan fingerprint density at radius 2 is 1.79 bits per heavy atom. The van der Waals surface area contributed by atoms with Crippen LogP contribution in [0.25, 0.3) is 10.2 Å². The number of benzene rings is 3. The molecule has 1 aliphatic heterocycles. The summed E-state index contributed by atoms with van der Waals surface area (Å²) in [5.41, 5.74) is 2.88. The number of likely N-dealkylation sites (N-methyl/N-ethyl adjacent to an activating group) is 1. The van der Waals surface area contributed by atoms with E-state index in [2.05, 4.69) is 0 Å². The number of carbonyl (C=O) groups is 1. The average molecular weight is 565 g/mol. The minimum Gasteiger partial charge on any atom is -0.492 e. The third kappa shape index (κ3) is 5.50. The summed E-state index contributed by atoms with van der Waals surface area (Å²) in [5.74, 6) is 0.451. The molecule has 4 aromatic rings. The second-order valence-corrected chi connectivity index (χ2v) is 12.5. The highest BCUT2D eigenvalue weighted by molar-refractivity contribution is 7.92. The van der Waals surface area contributed by atoms with E-state index >= 15 is 0 Å². The van der Waals surface area contributed by atoms with Gasteiger partial charge < -0.3 is 9.64 Å². The standard InChI is InChI=1S/C29H32N4O4S2/c1-4-37-25-12-7-13-26-27(25)30-29(38-26)32(20-19-31(2)3)28(34)22-14-16-23(17-15-22)39(35,36)33-18-8-10-21-9-5-6-11-24(21)33/h5-7,9,11-17H,4,8,10,18-20H2,1-3H3. The third-order valence-electron chi connectivity index (χ3n) is 6.67. The van der Waals surface area contributed by atoms with Crippen LogP contribution in [0.2, 0.25) is 0 Å². The van der Waals surface area contributed by atoms with Gasteiger partial charge in [-0.15, -0.1) is 0 Å². The van der Waals surface area contributed by atoms with E-state index in [0.29, 0.717) is 42.7 Å². The number of thiazole rings is 1. The number of hydrogen-bond acceptors (Lipinski definition) is 7. The van der Waals surface area contributed by atoms with Gasteiger partial charge >= 0.3 is 0 Å². The maximum Gasteiger partial charge on any atom is 0.264 e. The summed E-state index contributed by atoms with van der Waals surface area (Å²) in [6, 6.07) is 19.6. The first kappa shape index (κ1) is 27.1. The van der Waals surface area contributed by atoms with Crippen LogP contribution in [0, 0.1) is 0 Å². The summed E-state index contributed by atoms with van der Waals surface area (Å²) in [6.45, 7) is 3.95. The molecule has 0 aliphatic carbocycles. The zero-order valence-corrected chi connectivity index (χ0v) is 24.0. The largest absolute Gasteiger partial charge is 0.492 e. The van der Waals surface area contributed by atoms with Gasteiger partial charge in [0.05, 0.1) is 21.9 Å². The first-order chi connectivity index (χ1) is 18.8. The second-order valence-electron chi connectivity index (χ2n) is 9.63. The highest BCUT2D eigenvalue weighted by Crippen LogP contribution is 2.35. The SMILES string of the molecule is CCOc1cccc2sc(N(CCN(C)C)C(=O)c3ccc(S(=O)(=O)N4CCCc5ccccc54)cc3)nc12. The molecule has 0 fully saturated rings. The predicted molar refractivity (Wildman–Crippen MR) is 157 cm³/mol. The van der Waals surface area contributed by atoms with Crippen molar-refractivity contribution >= 4 is 48.3 Å². The van der Waals surface area contributed by atoms with Crippen molar-refractivity contribution in [1.29, 1.82) is 0 Å². The van der Waals surface area contributed by atoms with Crippen LogP contribution in [0.15, 0.2) is 71.6 Å². The van der Waals surface area contributed by atoms with Gasteiger partial charge in [-0.3, -0.25) is 14.0 Å². The molecule has 8 nitrogen and oxygen atoms in total. The van der Waals surface area contributed by atoms with Gasteiger partial charge in [-0.25, -0.2) is 13.4 Å². The molecular formula is C29H32N4O4S2. The molecule has 204 valence electrons. The summed E-state index contributed by atoms with van der Waals surface area (Å²) in [7, 11) is 0.140. The average Bonchev–Trinajstić information content (AvgIpc) is 3.38. The summed E-state index contributed by atoms with van der Waals surface area (Å²) in [4.78, 5) is 22.4. The Morgan fingerprint density at radius 3 is 2.54 bits per heavy atom. The number of ether oxygens (including phenoxy) is 1. The Hall–Kier alpha value is -3.47. The molecule has 10 heteroatoms. The number of nitrogens with zero attached hydrogens (tertiary/aromatic N) is 4. The number of sulfonamides is 1. The lowest BCUT2D eigenvalue weighted by molar-refractivity contribution is 0.0985. The van der Waals surface area contributed by atoms with Gasteiger partial charge in [0, 0.05) is 25.2 Å². The van der Waals surface area contributed by atoms with Crippen LogP contribution in [-0.2, 0) is 16.4 Å². The third-order valence-corrected chi connectivity index (χ3v) is 9.55. The molecule has 5 rings (SSSR count). The van der Waals surface area contributed by atoms with Crippen LogP contribution in [-0.4, -0.2) is 64.5 Å². The molecule has 0 atom stereocenters. The lowest BCUT2D eigenvalue weighted by Crippen LogP contribution is -2.37. The lowest BCUT2D eigenvalue weighted by Gasteiger charge is -2.30. The molecule has 0 saturated heterocycles. The quantitative estimate of drug-likeness (QED) is 0.283. The second kappa shape index (κ2) is 11.3. The Labute approximate surface area is 233 Å². The van der Waals surface area contributed by atoms with Gasteiger partial charge in [0.1, 0.15) is 11.3 Å². The first-order valence-electron chi connectivity index (χ1n) is 13.0. The highest BCUT2D eigenvalue weighted by atomic mass is 32.2. The maximum atomic E-state index is 13.8. The van der Waals surface area contributed by atoms with Gasteiger partial charge in [0.15, 0.2) is 5.13 Å². The van der Waals surface area contributed by atoms with Gasteiger partial charge in [-0.05, 0) is 81.9 Å². The lowest BCUT2D eigenvalue weighted by atomic mass is 10.0. The van der Waals surface area contributed by atoms with E-state index in [1.807, 2.05) is 68.4 Å². The fourth-order valence-corrected chi connectivity index (χ4v) is 7.23. The molecule has 0 N–H and O–H groups in total. The number of amides is 1. The minimum absolute atomic E-state index is 0.164. The Morgan fingerprint density at radius 1 is 1.03 bits per heavy atom. The molecule has 0 radical (unpaired) electrons. The number of aryl methyl sites for hydroxylation is 1. The number of rotatable bonds is 9. The molecule has 1 aromatic heterocycles. The first-order valence-corrected chi connectivity index (χ1v) is 15.2. The van der Waals surface area contributed by atoms with E-state index in [4.69, 9.17) is 9.72 Å². The number of fused-ring (bicyclic) bond motifs is 2. The van der Waals surface area contributed by atoms with E-state index in [0.717, 1.165) is 34.3 Å². The minimum atomic E-state index is -3.76. The van der Waals surface area contributed by atoms with Crippen LogP contribution in [0.1, 0.15) is 29.3 Å². The van der Waals surface area contributed by atoms with Gasteiger partial charge in [0.25, 0.3) is 15.9 Å². The van der Waals surface area contributed by atoms with Crippen LogP contribution >= 0.6 is 11.3 Å². The van der Waals surface area contributed by atoms with Gasteiger partial charge in [-0.1, -0.05) is 35.6 Å². The van der Waals surface area contributed by atoms with Crippen molar-refractivity contribution in [1.82, 2.24) is 9.88 Å². The highest BCUT2D eigenvalue weighted by Gasteiger charge is 2.29. The zero-order valence-electron chi connectivity index (χ0n) is 22.3. The zero-order chi connectivity index (χ0) is 27.6. The maximum absolute atomic E-state index is 13.8. The molecule has 0 bridgehead atoms. The van der Waals surface area contributed by atoms with E-state index in [1.54, 1.807) is 17.0 Å². The number of carbonyl (C=O) groups excluding carboxylic acids is 1. The topological polar surface area (TPSA) is 83.0 Å². The van der Waals surface area contributed by atoms with Crippen molar-refractivity contribution < 1.29 is 17.9 Å². The normalized spacial score (nSPS) is 13.5. The molecule has 0 saturated carbocycles. The number of para-hydroxylation sites is 2. The van der Waals surface area contributed by atoms with Crippen molar-refractivity contribution in [3.8, 4) is 5.75 Å². The molecule has 3 aromatic carbocycles. The van der Waals surface area contributed by atoms with Crippen molar-refractivity contribution in [2.45, 2.75) is 24.7 Å². The number of anilines is 2. The molecule has 2 heterocycles. The van der Waals surface area contributed by atoms with E-state index in [9.17, 15) is 13.2 Å². The fourth-order valence-electron chi connectivity index (χ4n) is 4.68. The Bertz CT molecular complexity index is 1580. The van der Waals surface area contributed by atoms with Crippen LogP contribution in [0.5, 0.6) is 5.75 Å². The molecular weight excluding hydrogens is 532 g/mol. The molecule has 0 spiro atoms. The van der Waals surface area contributed by atoms with Crippen molar-refractivity contribution in [2.75, 3.05) is 49.5 Å². The fraction of sp³-hybridized carbons (Fsp3) is 0.310. The van der Waals surface area contributed by atoms with Gasteiger partial charge in [0.2, 0.25) is 0 Å². The van der Waals surface area contributed by atoms with Crippen molar-refractivity contribution in [2.24, 2.45) is 0 Å². The van der Waals surface area contributed by atoms with Crippen LogP contribution < -0.4 is 13.9 Å². The van der Waals surface area contributed by atoms with E-state index in [1.165, 1.54) is 27.8 Å². The van der Waals surface area contributed by atoms with Crippen molar-refractivity contribution in [3.05, 3.63) is 77.9 Å². The molecule has 1 amide bonds. The number of hydrogen-bond donors (Lipinski definition) is 0. The summed E-state index contributed by atoms with van der Waals surface area (Å²) >= 11 is 1.43. The molecule has 39 heavy (non-hydrogen) atoms. The Balaban J connectivity index is 1.45. The van der Waals surface area contributed by atoms with E-state index < -0.39 is 10.0 Å². The monoisotopic (exact) mass is 564 g/mol. The predicted octanol–water partition coefficient (Wildman–Crippen LogP) is 5.04. The van der Waals surface area contributed by atoms with Gasteiger partial charge in [-0.2, -0.15) is 0 Å². The van der Waals surface area contributed by atoms with E-state index in [-0.39, 0.29) is 10.8 Å². The molecule has 0 unspecified atom stereocenters. The Kier molecular flexibility index (Phi) is 7.88. The summed E-state index contributed by atoms with van der Waals surface area (Å²) in [5, 5.41) is 0.575. The summed E-state index contributed by atoms with van der Waals surface area (Å²) < 4.78 is 35.3.